The smallest absolute Gasteiger partial charge is 0.274 e. The van der Waals surface area contributed by atoms with Gasteiger partial charge < -0.3 is 14.6 Å². The van der Waals surface area contributed by atoms with Gasteiger partial charge in [-0.25, -0.2) is 0 Å². The Balaban J connectivity index is 1.60. The van der Waals surface area contributed by atoms with Crippen LogP contribution in [0.3, 0.4) is 0 Å². The molecule has 2 aromatic carbocycles. The van der Waals surface area contributed by atoms with Gasteiger partial charge in [0.25, 0.3) is 5.69 Å². The summed E-state index contributed by atoms with van der Waals surface area (Å²) in [6, 6.07) is 10.6. The number of carbonyl (C=O) groups is 1. The molecule has 0 atom stereocenters. The molecule has 32 heavy (non-hydrogen) atoms. The van der Waals surface area contributed by atoms with Crippen molar-refractivity contribution >= 4 is 29.0 Å². The molecular weight excluding hydrogens is 430 g/mol. The zero-order valence-electron chi connectivity index (χ0n) is 18.4. The maximum absolute atomic E-state index is 12.4. The van der Waals surface area contributed by atoms with Crippen molar-refractivity contribution in [3.8, 4) is 5.75 Å². The predicted octanol–water partition coefficient (Wildman–Crippen LogP) is 4.44. The van der Waals surface area contributed by atoms with Gasteiger partial charge >= 0.3 is 0 Å². The Bertz CT molecular complexity index is 1150. The highest BCUT2D eigenvalue weighted by atomic mass is 32.2. The normalized spacial score (nSPS) is 10.8. The molecule has 9 nitrogen and oxygen atoms in total. The van der Waals surface area contributed by atoms with Gasteiger partial charge in [0.2, 0.25) is 5.91 Å². The van der Waals surface area contributed by atoms with Crippen molar-refractivity contribution in [3.05, 3.63) is 69.0 Å². The summed E-state index contributed by atoms with van der Waals surface area (Å²) in [7, 11) is 0. The average Bonchev–Trinajstić information content (AvgIpc) is 3.14. The van der Waals surface area contributed by atoms with Crippen LogP contribution in [0, 0.1) is 30.9 Å². The van der Waals surface area contributed by atoms with Crippen LogP contribution in [0.25, 0.3) is 0 Å². The lowest BCUT2D eigenvalue weighted by Crippen LogP contribution is -2.15. The van der Waals surface area contributed by atoms with E-state index in [-0.39, 0.29) is 24.0 Å². The monoisotopic (exact) mass is 455 g/mol. The lowest BCUT2D eigenvalue weighted by Gasteiger charge is -2.11. The Hall–Kier alpha value is -3.40. The lowest BCUT2D eigenvalue weighted by molar-refractivity contribution is -0.385. The maximum atomic E-state index is 12.4. The molecule has 0 bridgehead atoms. The summed E-state index contributed by atoms with van der Waals surface area (Å²) in [6.07, 6.45) is 0. The van der Waals surface area contributed by atoms with Gasteiger partial charge in [0.15, 0.2) is 11.0 Å². The molecule has 1 aromatic heterocycles. The number of aromatic nitrogens is 3. The van der Waals surface area contributed by atoms with E-state index in [0.29, 0.717) is 28.8 Å². The van der Waals surface area contributed by atoms with Gasteiger partial charge in [-0.05, 0) is 45.4 Å². The van der Waals surface area contributed by atoms with Crippen LogP contribution in [0.1, 0.15) is 29.4 Å². The molecule has 0 spiro atoms. The summed E-state index contributed by atoms with van der Waals surface area (Å²) < 4.78 is 7.81. The third-order valence-corrected chi connectivity index (χ3v) is 5.79. The van der Waals surface area contributed by atoms with Crippen LogP contribution in [0.2, 0.25) is 0 Å². The molecular formula is C22H25N5O4S. The standard InChI is InChI=1S/C22H25N5O4S/c1-5-26-20(12-31-19-9-6-14(2)10-16(19)4)24-25-22(26)32-13-21(28)23-17-8-7-15(3)18(11-17)27(29)30/h6-11H,5,12-13H2,1-4H3,(H,23,28). The van der Waals surface area contributed by atoms with Crippen LogP contribution in [-0.2, 0) is 17.9 Å². The van der Waals surface area contributed by atoms with Gasteiger partial charge in [-0.2, -0.15) is 0 Å². The lowest BCUT2D eigenvalue weighted by atomic mass is 10.1. The number of carbonyl (C=O) groups excluding carboxylic acids is 1. The van der Waals surface area contributed by atoms with Crippen LogP contribution in [0.15, 0.2) is 41.6 Å². The van der Waals surface area contributed by atoms with Gasteiger partial charge in [0, 0.05) is 23.9 Å². The van der Waals surface area contributed by atoms with Gasteiger partial charge in [-0.1, -0.05) is 35.5 Å². The molecule has 0 aliphatic carbocycles. The Labute approximate surface area is 190 Å². The van der Waals surface area contributed by atoms with E-state index in [2.05, 4.69) is 21.6 Å². The Morgan fingerprint density at radius 3 is 2.62 bits per heavy atom. The van der Waals surface area contributed by atoms with Gasteiger partial charge in [-0.15, -0.1) is 10.2 Å². The first-order chi connectivity index (χ1) is 15.3. The first-order valence-electron chi connectivity index (χ1n) is 10.1. The average molecular weight is 456 g/mol. The minimum atomic E-state index is -0.467. The molecule has 3 rings (SSSR count). The third kappa shape index (κ3) is 5.64. The van der Waals surface area contributed by atoms with Crippen LogP contribution in [0.4, 0.5) is 11.4 Å². The number of hydrogen-bond donors (Lipinski definition) is 1. The fourth-order valence-corrected chi connectivity index (χ4v) is 3.99. The number of nitro benzene ring substituents is 1. The Morgan fingerprint density at radius 2 is 1.94 bits per heavy atom. The number of thioether (sulfide) groups is 1. The highest BCUT2D eigenvalue weighted by molar-refractivity contribution is 7.99. The van der Waals surface area contributed by atoms with E-state index in [1.807, 2.05) is 37.5 Å². The Morgan fingerprint density at radius 1 is 1.16 bits per heavy atom. The van der Waals surface area contributed by atoms with Crippen LogP contribution in [0.5, 0.6) is 5.75 Å². The van der Waals surface area contributed by atoms with Crippen molar-refractivity contribution in [3.63, 3.8) is 0 Å². The molecule has 168 valence electrons. The van der Waals surface area contributed by atoms with E-state index in [1.54, 1.807) is 19.1 Å². The highest BCUT2D eigenvalue weighted by Gasteiger charge is 2.16. The molecule has 0 saturated carbocycles. The van der Waals surface area contributed by atoms with E-state index >= 15 is 0 Å². The second-order valence-corrected chi connectivity index (χ2v) is 8.24. The second-order valence-electron chi connectivity index (χ2n) is 7.30. The van der Waals surface area contributed by atoms with E-state index in [1.165, 1.54) is 23.4 Å². The molecule has 1 amide bonds. The summed E-state index contributed by atoms with van der Waals surface area (Å²) >= 11 is 1.25. The zero-order chi connectivity index (χ0) is 23.3. The van der Waals surface area contributed by atoms with Gasteiger partial charge in [0.1, 0.15) is 12.4 Å². The van der Waals surface area contributed by atoms with Crippen molar-refractivity contribution < 1.29 is 14.5 Å². The summed E-state index contributed by atoms with van der Waals surface area (Å²) in [4.78, 5) is 23.0. The first kappa shape index (κ1) is 23.3. The van der Waals surface area contributed by atoms with Crippen molar-refractivity contribution in [2.24, 2.45) is 0 Å². The Kier molecular flexibility index (Phi) is 7.47. The fourth-order valence-electron chi connectivity index (χ4n) is 3.16. The number of amides is 1. The number of aryl methyl sites for hydroxylation is 3. The molecule has 0 fully saturated rings. The van der Waals surface area contributed by atoms with E-state index in [9.17, 15) is 14.9 Å². The maximum Gasteiger partial charge on any atom is 0.274 e. The number of rotatable bonds is 9. The molecule has 0 saturated heterocycles. The zero-order valence-corrected chi connectivity index (χ0v) is 19.2. The number of anilines is 1. The molecule has 0 aliphatic heterocycles. The number of hydrogen-bond acceptors (Lipinski definition) is 7. The van der Waals surface area contributed by atoms with E-state index in [0.717, 1.165) is 11.3 Å². The summed E-state index contributed by atoms with van der Waals surface area (Å²) in [5, 5.41) is 22.8. The molecule has 1 heterocycles. The fraction of sp³-hybridized carbons (Fsp3) is 0.318. The quantitative estimate of drug-likeness (QED) is 0.288. The summed E-state index contributed by atoms with van der Waals surface area (Å²) in [6.45, 7) is 8.55. The number of nitrogens with zero attached hydrogens (tertiary/aromatic N) is 4. The number of benzene rings is 2. The van der Waals surface area contributed by atoms with Crippen molar-refractivity contribution in [1.82, 2.24) is 14.8 Å². The molecule has 0 radical (unpaired) electrons. The van der Waals surface area contributed by atoms with Crippen LogP contribution < -0.4 is 10.1 Å². The molecule has 10 heteroatoms. The minimum absolute atomic E-state index is 0.0327. The van der Waals surface area contributed by atoms with Crippen LogP contribution >= 0.6 is 11.8 Å². The van der Waals surface area contributed by atoms with Crippen LogP contribution in [-0.4, -0.2) is 31.3 Å². The summed E-state index contributed by atoms with van der Waals surface area (Å²) in [5.74, 6) is 1.27. The predicted molar refractivity (Wildman–Crippen MR) is 123 cm³/mol. The molecule has 3 aromatic rings. The topological polar surface area (TPSA) is 112 Å². The SMILES string of the molecule is CCn1c(COc2ccc(C)cc2C)nnc1SCC(=O)Nc1ccc(C)c([N+](=O)[O-])c1. The second kappa shape index (κ2) is 10.3. The number of nitro groups is 1. The molecule has 0 unspecified atom stereocenters. The number of ether oxygens (including phenoxy) is 1. The first-order valence-corrected chi connectivity index (χ1v) is 11.1. The van der Waals surface area contributed by atoms with E-state index in [4.69, 9.17) is 4.74 Å². The van der Waals surface area contributed by atoms with Gasteiger partial charge in [0.05, 0.1) is 10.7 Å². The molecule has 1 N–H and O–H groups in total. The van der Waals surface area contributed by atoms with Gasteiger partial charge in [-0.3, -0.25) is 14.9 Å². The minimum Gasteiger partial charge on any atom is -0.485 e. The van der Waals surface area contributed by atoms with Crippen molar-refractivity contribution in [2.45, 2.75) is 46.0 Å². The largest absolute Gasteiger partial charge is 0.485 e. The van der Waals surface area contributed by atoms with Crippen molar-refractivity contribution in [2.75, 3.05) is 11.1 Å². The van der Waals surface area contributed by atoms with Crippen molar-refractivity contribution in [1.29, 1.82) is 0 Å². The molecule has 0 aliphatic rings. The van der Waals surface area contributed by atoms with E-state index < -0.39 is 4.92 Å². The summed E-state index contributed by atoms with van der Waals surface area (Å²) in [5.41, 5.74) is 3.11. The highest BCUT2D eigenvalue weighted by Crippen LogP contribution is 2.24. The number of nitrogens with one attached hydrogen (secondary N) is 1. The third-order valence-electron chi connectivity index (χ3n) is 4.82.